The monoisotopic (exact) mass is 567 g/mol. The van der Waals surface area contributed by atoms with Crippen molar-refractivity contribution in [3.63, 3.8) is 0 Å². The van der Waals surface area contributed by atoms with E-state index < -0.39 is 23.8 Å². The third-order valence-corrected chi connectivity index (χ3v) is 6.65. The van der Waals surface area contributed by atoms with Crippen molar-refractivity contribution in [3.8, 4) is 5.75 Å². The summed E-state index contributed by atoms with van der Waals surface area (Å²) in [5.41, 5.74) is 1.71. The van der Waals surface area contributed by atoms with Gasteiger partial charge in [0, 0.05) is 19.5 Å². The van der Waals surface area contributed by atoms with Gasteiger partial charge in [0.15, 0.2) is 0 Å². The molecule has 2 rings (SSSR count). The molecule has 0 heterocycles. The van der Waals surface area contributed by atoms with Crippen LogP contribution in [-0.2, 0) is 20.7 Å². The quantitative estimate of drug-likeness (QED) is 0.222. The minimum atomic E-state index is -0.990. The Labute approximate surface area is 245 Å². The van der Waals surface area contributed by atoms with Crippen LogP contribution < -0.4 is 10.6 Å². The minimum absolute atomic E-state index is 0.108. The number of phenolic OH excluding ortho intramolecular Hbond substituents is 1. The van der Waals surface area contributed by atoms with E-state index in [1.165, 1.54) is 0 Å². The van der Waals surface area contributed by atoms with E-state index in [2.05, 4.69) is 24.5 Å². The van der Waals surface area contributed by atoms with Gasteiger partial charge in [0.2, 0.25) is 11.8 Å². The lowest BCUT2D eigenvalue weighted by Crippen LogP contribution is -2.54. The van der Waals surface area contributed by atoms with Gasteiger partial charge in [-0.1, -0.05) is 81.5 Å². The topological polar surface area (TPSA) is 108 Å². The second-order valence-electron chi connectivity index (χ2n) is 11.6. The van der Waals surface area contributed by atoms with E-state index in [-0.39, 0.29) is 24.0 Å². The Hall–Kier alpha value is -3.55. The van der Waals surface area contributed by atoms with E-state index in [1.807, 2.05) is 31.2 Å². The highest BCUT2D eigenvalue weighted by atomic mass is 16.6. The number of carbonyl (C=O) groups excluding carboxylic acids is 3. The molecule has 0 spiro atoms. The van der Waals surface area contributed by atoms with Crippen molar-refractivity contribution in [1.82, 2.24) is 15.5 Å². The third-order valence-electron chi connectivity index (χ3n) is 6.65. The molecule has 0 aliphatic carbocycles. The number of hydrogen-bond donors (Lipinski definition) is 3. The van der Waals surface area contributed by atoms with E-state index in [9.17, 15) is 19.5 Å². The number of rotatable bonds is 15. The van der Waals surface area contributed by atoms with Crippen molar-refractivity contribution in [2.24, 2.45) is 0 Å². The van der Waals surface area contributed by atoms with E-state index in [1.54, 1.807) is 49.9 Å². The average molecular weight is 568 g/mol. The normalized spacial score (nSPS) is 12.7. The van der Waals surface area contributed by atoms with E-state index in [4.69, 9.17) is 4.74 Å². The van der Waals surface area contributed by atoms with Gasteiger partial charge in [-0.05, 0) is 63.8 Å². The Morgan fingerprint density at radius 3 is 2.22 bits per heavy atom. The lowest BCUT2D eigenvalue weighted by molar-refractivity contribution is -0.142. The summed E-state index contributed by atoms with van der Waals surface area (Å²) in [6.07, 6.45) is 4.91. The fraction of sp³-hybridized carbons (Fsp3) is 0.545. The van der Waals surface area contributed by atoms with E-state index >= 15 is 0 Å². The summed E-state index contributed by atoms with van der Waals surface area (Å²) in [6, 6.07) is 12.3. The number of aromatic hydroxyl groups is 1. The molecular formula is C33H49N3O5. The molecule has 41 heavy (non-hydrogen) atoms. The number of ether oxygens (including phenoxy) is 1. The van der Waals surface area contributed by atoms with Crippen LogP contribution in [-0.4, -0.2) is 52.6 Å². The van der Waals surface area contributed by atoms with Gasteiger partial charge in [0.1, 0.15) is 23.4 Å². The smallest absolute Gasteiger partial charge is 0.408 e. The maximum Gasteiger partial charge on any atom is 0.408 e. The number of nitrogens with one attached hydrogen (secondary N) is 2. The Morgan fingerprint density at radius 1 is 0.951 bits per heavy atom. The van der Waals surface area contributed by atoms with Gasteiger partial charge in [0.05, 0.1) is 0 Å². The molecule has 0 saturated carbocycles. The van der Waals surface area contributed by atoms with Crippen molar-refractivity contribution in [1.29, 1.82) is 0 Å². The van der Waals surface area contributed by atoms with Crippen LogP contribution in [0.5, 0.6) is 5.75 Å². The zero-order valence-electron chi connectivity index (χ0n) is 25.7. The number of benzene rings is 2. The molecule has 8 nitrogen and oxygen atoms in total. The van der Waals surface area contributed by atoms with Crippen LogP contribution in [0.15, 0.2) is 48.5 Å². The molecule has 0 fully saturated rings. The van der Waals surface area contributed by atoms with Crippen molar-refractivity contribution >= 4 is 17.9 Å². The zero-order valence-corrected chi connectivity index (χ0v) is 25.7. The van der Waals surface area contributed by atoms with Crippen molar-refractivity contribution in [2.75, 3.05) is 13.1 Å². The first-order chi connectivity index (χ1) is 19.4. The molecule has 0 bridgehead atoms. The van der Waals surface area contributed by atoms with Crippen molar-refractivity contribution in [2.45, 2.75) is 104 Å². The van der Waals surface area contributed by atoms with Crippen molar-refractivity contribution in [3.05, 3.63) is 65.2 Å². The highest BCUT2D eigenvalue weighted by Gasteiger charge is 2.36. The first-order valence-electron chi connectivity index (χ1n) is 14.9. The van der Waals surface area contributed by atoms with E-state index in [0.29, 0.717) is 19.5 Å². The Bertz CT molecular complexity index is 1110. The number of nitrogens with zero attached hydrogens (tertiary/aromatic N) is 1. The number of aryl methyl sites for hydroxylation is 1. The van der Waals surface area contributed by atoms with E-state index in [0.717, 1.165) is 48.8 Å². The highest BCUT2D eigenvalue weighted by Crippen LogP contribution is 2.25. The molecule has 0 aliphatic rings. The minimum Gasteiger partial charge on any atom is -0.508 e. The standard InChI is InChI=1S/C33H49N3O5/c1-7-9-11-20-34-30(38)29(26-15-13-14-24(3)22-26)36(21-12-10-8-2)31(39)28(35-32(40)41-33(4,5)6)23-25-16-18-27(37)19-17-25/h13-19,22,28-29,37H,7-12,20-21,23H2,1-6H3,(H,34,38)(H,35,40). The second kappa shape index (κ2) is 16.7. The summed E-state index contributed by atoms with van der Waals surface area (Å²) < 4.78 is 5.50. The fourth-order valence-corrected chi connectivity index (χ4v) is 4.61. The van der Waals surface area contributed by atoms with Crippen molar-refractivity contribution < 1.29 is 24.2 Å². The zero-order chi connectivity index (χ0) is 30.4. The van der Waals surface area contributed by atoms with Crippen LogP contribution in [0.25, 0.3) is 0 Å². The lowest BCUT2D eigenvalue weighted by atomic mass is 9.98. The molecule has 8 heteroatoms. The van der Waals surface area contributed by atoms with Gasteiger partial charge in [-0.15, -0.1) is 0 Å². The molecule has 0 saturated heterocycles. The molecular weight excluding hydrogens is 518 g/mol. The van der Waals surface area contributed by atoms with Gasteiger partial charge in [-0.3, -0.25) is 9.59 Å². The highest BCUT2D eigenvalue weighted by molar-refractivity contribution is 5.92. The maximum atomic E-state index is 14.4. The molecule has 2 aromatic carbocycles. The summed E-state index contributed by atoms with van der Waals surface area (Å²) in [5, 5.41) is 15.6. The van der Waals surface area contributed by atoms with Crippen LogP contribution in [0.1, 0.15) is 95.9 Å². The summed E-state index contributed by atoms with van der Waals surface area (Å²) in [7, 11) is 0. The summed E-state index contributed by atoms with van der Waals surface area (Å²) in [4.78, 5) is 42.7. The van der Waals surface area contributed by atoms with Crippen LogP contribution in [0.4, 0.5) is 4.79 Å². The Balaban J connectivity index is 2.52. The molecule has 2 atom stereocenters. The van der Waals surface area contributed by atoms with Gasteiger partial charge in [-0.2, -0.15) is 0 Å². The molecule has 0 aromatic heterocycles. The van der Waals surface area contributed by atoms with Gasteiger partial charge < -0.3 is 25.4 Å². The first kappa shape index (κ1) is 33.7. The number of unbranched alkanes of at least 4 members (excludes halogenated alkanes) is 4. The number of phenols is 1. The molecule has 0 aliphatic heterocycles. The Kier molecular flexibility index (Phi) is 13.7. The Morgan fingerprint density at radius 2 is 1.61 bits per heavy atom. The van der Waals surface area contributed by atoms with Gasteiger partial charge in [-0.25, -0.2) is 4.79 Å². The molecule has 2 unspecified atom stereocenters. The molecule has 226 valence electrons. The predicted octanol–water partition coefficient (Wildman–Crippen LogP) is 6.20. The number of carbonyl (C=O) groups is 3. The first-order valence-corrected chi connectivity index (χ1v) is 14.9. The molecule has 2 aromatic rings. The molecule has 3 N–H and O–H groups in total. The maximum absolute atomic E-state index is 14.4. The van der Waals surface area contributed by atoms with Gasteiger partial charge >= 0.3 is 6.09 Å². The number of amides is 3. The van der Waals surface area contributed by atoms with Crippen LogP contribution in [0, 0.1) is 6.92 Å². The second-order valence-corrected chi connectivity index (χ2v) is 11.6. The van der Waals surface area contributed by atoms with Crippen LogP contribution >= 0.6 is 0 Å². The van der Waals surface area contributed by atoms with Crippen LogP contribution in [0.2, 0.25) is 0 Å². The summed E-state index contributed by atoms with van der Waals surface area (Å²) >= 11 is 0. The fourth-order valence-electron chi connectivity index (χ4n) is 4.61. The van der Waals surface area contributed by atoms with Gasteiger partial charge in [0.25, 0.3) is 0 Å². The predicted molar refractivity (Wildman–Crippen MR) is 163 cm³/mol. The van der Waals surface area contributed by atoms with Crippen LogP contribution in [0.3, 0.4) is 0 Å². The largest absolute Gasteiger partial charge is 0.508 e. The number of alkyl carbamates (subject to hydrolysis) is 1. The molecule has 0 radical (unpaired) electrons. The average Bonchev–Trinajstić information content (AvgIpc) is 2.90. The summed E-state index contributed by atoms with van der Waals surface area (Å²) in [5.74, 6) is -0.496. The SMILES string of the molecule is CCCCCNC(=O)C(c1cccc(C)c1)N(CCCCC)C(=O)C(Cc1ccc(O)cc1)NC(=O)OC(C)(C)C. The third kappa shape index (κ3) is 11.8. The summed E-state index contributed by atoms with van der Waals surface area (Å²) in [6.45, 7) is 12.3. The lowest BCUT2D eigenvalue weighted by Gasteiger charge is -2.35. The number of hydrogen-bond acceptors (Lipinski definition) is 5. The molecule has 3 amide bonds.